The third kappa shape index (κ3) is 10.7. The van der Waals surface area contributed by atoms with Crippen molar-refractivity contribution in [2.45, 2.75) is 85.2 Å². The Labute approximate surface area is 150 Å². The number of amides is 1. The molecule has 0 aromatic heterocycles. The van der Waals surface area contributed by atoms with Crippen molar-refractivity contribution in [1.29, 1.82) is 5.41 Å². The highest BCUT2D eigenvalue weighted by atomic mass is 16.5. The Morgan fingerprint density at radius 2 is 1.64 bits per heavy atom. The van der Waals surface area contributed by atoms with E-state index in [2.05, 4.69) is 5.32 Å². The fourth-order valence-corrected chi connectivity index (χ4v) is 2.17. The van der Waals surface area contributed by atoms with Gasteiger partial charge in [0, 0.05) is 6.42 Å². The zero-order valence-corrected chi connectivity index (χ0v) is 16.1. The van der Waals surface area contributed by atoms with Crippen molar-refractivity contribution in [2.24, 2.45) is 5.92 Å². The van der Waals surface area contributed by atoms with Crippen LogP contribution in [0.3, 0.4) is 0 Å². The second-order valence-corrected chi connectivity index (χ2v) is 7.00. The summed E-state index contributed by atoms with van der Waals surface area (Å²) in [4.78, 5) is 36.1. The molecule has 1 amide bonds. The third-order valence-corrected chi connectivity index (χ3v) is 3.21. The van der Waals surface area contributed by atoms with Crippen LogP contribution >= 0.6 is 0 Å². The van der Waals surface area contributed by atoms with Crippen LogP contribution in [0.2, 0.25) is 0 Å². The molecule has 0 saturated heterocycles. The maximum Gasteiger partial charge on any atom is 0.328 e. The first-order valence-electron chi connectivity index (χ1n) is 8.76. The molecule has 0 aliphatic heterocycles. The SMILES string of the molecule is CC(C)C[C@H](OC(C)C)C(=O)N[C@@H](CCC(=O)C=N)C(=O)OC(C)C. The first kappa shape index (κ1) is 23.2. The molecule has 0 rings (SSSR count). The number of carbonyl (C=O) groups excluding carboxylic acids is 3. The summed E-state index contributed by atoms with van der Waals surface area (Å²) < 4.78 is 10.8. The zero-order valence-electron chi connectivity index (χ0n) is 16.1. The minimum absolute atomic E-state index is 0.0124. The van der Waals surface area contributed by atoms with Crippen LogP contribution in [-0.2, 0) is 23.9 Å². The molecule has 0 heterocycles. The van der Waals surface area contributed by atoms with E-state index in [1.807, 2.05) is 27.7 Å². The summed E-state index contributed by atoms with van der Waals surface area (Å²) in [6.45, 7) is 11.1. The van der Waals surface area contributed by atoms with E-state index < -0.39 is 29.8 Å². The first-order chi connectivity index (χ1) is 11.6. The Kier molecular flexibility index (Phi) is 10.9. The summed E-state index contributed by atoms with van der Waals surface area (Å²) in [5, 5.41) is 9.59. The van der Waals surface area contributed by atoms with Crippen LogP contribution in [0.25, 0.3) is 0 Å². The summed E-state index contributed by atoms with van der Waals surface area (Å²) >= 11 is 0. The lowest BCUT2D eigenvalue weighted by molar-refractivity contribution is -0.153. The van der Waals surface area contributed by atoms with Crippen molar-refractivity contribution >= 4 is 23.9 Å². The molecular weight excluding hydrogens is 324 g/mol. The van der Waals surface area contributed by atoms with Gasteiger partial charge in [0.05, 0.1) is 18.4 Å². The van der Waals surface area contributed by atoms with Crippen molar-refractivity contribution in [3.8, 4) is 0 Å². The normalized spacial score (nSPS) is 13.6. The minimum atomic E-state index is -0.941. The van der Waals surface area contributed by atoms with Gasteiger partial charge in [0.25, 0.3) is 0 Å². The van der Waals surface area contributed by atoms with E-state index in [1.54, 1.807) is 13.8 Å². The molecule has 2 atom stereocenters. The molecule has 0 spiro atoms. The Morgan fingerprint density at radius 1 is 1.04 bits per heavy atom. The predicted molar refractivity (Wildman–Crippen MR) is 95.6 cm³/mol. The summed E-state index contributed by atoms with van der Waals surface area (Å²) in [6, 6.07) is -0.941. The standard InChI is InChI=1S/C18H32N2O5/c1-11(2)9-16(24-12(3)4)17(22)20-15(8-7-14(21)10-19)18(23)25-13(5)6/h10-13,15-16,19H,7-9H2,1-6H3,(H,20,22)/t15-,16-/m0/s1. The highest BCUT2D eigenvalue weighted by Crippen LogP contribution is 2.12. The molecule has 0 aromatic rings. The molecule has 0 aromatic carbocycles. The van der Waals surface area contributed by atoms with Gasteiger partial charge in [-0.2, -0.15) is 0 Å². The average molecular weight is 356 g/mol. The van der Waals surface area contributed by atoms with Crippen molar-refractivity contribution < 1.29 is 23.9 Å². The van der Waals surface area contributed by atoms with Crippen LogP contribution in [0.5, 0.6) is 0 Å². The summed E-state index contributed by atoms with van der Waals surface area (Å²) in [7, 11) is 0. The highest BCUT2D eigenvalue weighted by Gasteiger charge is 2.29. The van der Waals surface area contributed by atoms with Crippen LogP contribution in [-0.4, -0.2) is 48.2 Å². The molecule has 0 fully saturated rings. The fourth-order valence-electron chi connectivity index (χ4n) is 2.17. The number of rotatable bonds is 12. The van der Waals surface area contributed by atoms with Gasteiger partial charge in [0.1, 0.15) is 12.1 Å². The molecule has 0 saturated carbocycles. The van der Waals surface area contributed by atoms with Gasteiger partial charge in [-0.05, 0) is 46.5 Å². The number of ketones is 1. The van der Waals surface area contributed by atoms with Crippen molar-refractivity contribution in [3.63, 3.8) is 0 Å². The number of esters is 1. The molecule has 25 heavy (non-hydrogen) atoms. The maximum absolute atomic E-state index is 12.6. The zero-order chi connectivity index (χ0) is 19.6. The number of carbonyl (C=O) groups is 3. The Bertz CT molecular complexity index is 450. The van der Waals surface area contributed by atoms with E-state index in [1.165, 1.54) is 0 Å². The van der Waals surface area contributed by atoms with E-state index in [-0.39, 0.29) is 31.0 Å². The molecule has 0 bridgehead atoms. The van der Waals surface area contributed by atoms with Crippen LogP contribution in [0.4, 0.5) is 0 Å². The summed E-state index contributed by atoms with van der Waals surface area (Å²) in [5.41, 5.74) is 0. The number of hydrogen-bond acceptors (Lipinski definition) is 6. The van der Waals surface area contributed by atoms with Crippen LogP contribution in [0, 0.1) is 11.3 Å². The Balaban J connectivity index is 5.08. The summed E-state index contributed by atoms with van der Waals surface area (Å²) in [5.74, 6) is -1.15. The van der Waals surface area contributed by atoms with Crippen molar-refractivity contribution in [2.75, 3.05) is 0 Å². The highest BCUT2D eigenvalue weighted by molar-refractivity contribution is 6.26. The van der Waals surface area contributed by atoms with Gasteiger partial charge in [0.2, 0.25) is 5.91 Å². The quantitative estimate of drug-likeness (QED) is 0.412. The predicted octanol–water partition coefficient (Wildman–Crippen LogP) is 2.26. The molecule has 7 nitrogen and oxygen atoms in total. The average Bonchev–Trinajstić information content (AvgIpc) is 2.48. The van der Waals surface area contributed by atoms with E-state index in [0.29, 0.717) is 12.6 Å². The van der Waals surface area contributed by atoms with E-state index in [4.69, 9.17) is 14.9 Å². The van der Waals surface area contributed by atoms with Gasteiger partial charge >= 0.3 is 5.97 Å². The first-order valence-corrected chi connectivity index (χ1v) is 8.76. The molecule has 144 valence electrons. The topological polar surface area (TPSA) is 106 Å². The molecule has 0 unspecified atom stereocenters. The van der Waals surface area contributed by atoms with E-state index in [0.717, 1.165) is 0 Å². The smallest absolute Gasteiger partial charge is 0.328 e. The minimum Gasteiger partial charge on any atom is -0.461 e. The Morgan fingerprint density at radius 3 is 2.08 bits per heavy atom. The molecule has 0 radical (unpaired) electrons. The van der Waals surface area contributed by atoms with Gasteiger partial charge in [-0.1, -0.05) is 13.8 Å². The second kappa shape index (κ2) is 11.7. The number of hydrogen-bond donors (Lipinski definition) is 2. The lowest BCUT2D eigenvalue weighted by atomic mass is 10.0. The molecule has 2 N–H and O–H groups in total. The lowest BCUT2D eigenvalue weighted by Crippen LogP contribution is -2.48. The number of nitrogens with one attached hydrogen (secondary N) is 2. The number of Topliss-reactive ketones (excluding diaryl/α,β-unsaturated/α-hetero) is 1. The van der Waals surface area contributed by atoms with Gasteiger partial charge < -0.3 is 20.2 Å². The van der Waals surface area contributed by atoms with Crippen LogP contribution < -0.4 is 5.32 Å². The van der Waals surface area contributed by atoms with Crippen LogP contribution in [0.1, 0.15) is 60.8 Å². The maximum atomic E-state index is 12.6. The van der Waals surface area contributed by atoms with E-state index in [9.17, 15) is 14.4 Å². The van der Waals surface area contributed by atoms with Gasteiger partial charge in [-0.3, -0.25) is 9.59 Å². The van der Waals surface area contributed by atoms with Gasteiger partial charge in [-0.25, -0.2) is 4.79 Å². The number of ether oxygens (including phenoxy) is 2. The lowest BCUT2D eigenvalue weighted by Gasteiger charge is -2.25. The fraction of sp³-hybridized carbons (Fsp3) is 0.778. The molecule has 0 aliphatic rings. The monoisotopic (exact) mass is 356 g/mol. The van der Waals surface area contributed by atoms with E-state index >= 15 is 0 Å². The second-order valence-electron chi connectivity index (χ2n) is 7.00. The summed E-state index contributed by atoms with van der Waals surface area (Å²) in [6.07, 6.45) is 0.167. The third-order valence-electron chi connectivity index (χ3n) is 3.21. The molecule has 0 aliphatic carbocycles. The molecular formula is C18H32N2O5. The Hall–Kier alpha value is -1.76. The van der Waals surface area contributed by atoms with Crippen molar-refractivity contribution in [1.82, 2.24) is 5.32 Å². The van der Waals surface area contributed by atoms with Gasteiger partial charge in [-0.15, -0.1) is 0 Å². The molecule has 7 heteroatoms. The van der Waals surface area contributed by atoms with Crippen LogP contribution in [0.15, 0.2) is 0 Å². The van der Waals surface area contributed by atoms with Gasteiger partial charge in [0.15, 0.2) is 5.78 Å². The largest absolute Gasteiger partial charge is 0.461 e. The van der Waals surface area contributed by atoms with Crippen molar-refractivity contribution in [3.05, 3.63) is 0 Å².